The number of benzene rings is 1. The lowest BCUT2D eigenvalue weighted by atomic mass is 10.2. The lowest BCUT2D eigenvalue weighted by Gasteiger charge is -2.22. The number of amides is 1. The highest BCUT2D eigenvalue weighted by molar-refractivity contribution is 6.04. The number of para-hydroxylation sites is 1. The molecular formula is C13H19N2O2+. The Bertz CT molecular complexity index is 394. The third-order valence-corrected chi connectivity index (χ3v) is 2.07. The summed E-state index contributed by atoms with van der Waals surface area (Å²) in [6, 6.07) is 9.13. The topological polar surface area (TPSA) is 46.2 Å². The van der Waals surface area contributed by atoms with E-state index in [1.54, 1.807) is 12.1 Å². The van der Waals surface area contributed by atoms with Crippen LogP contribution in [0.1, 0.15) is 6.42 Å². The summed E-state index contributed by atoms with van der Waals surface area (Å²) in [5.74, 6) is -0.305. The van der Waals surface area contributed by atoms with Crippen LogP contribution in [0.4, 0.5) is 5.69 Å². The van der Waals surface area contributed by atoms with Crippen molar-refractivity contribution in [3.8, 4) is 0 Å². The molecule has 0 aliphatic rings. The summed E-state index contributed by atoms with van der Waals surface area (Å²) in [6.07, 6.45) is -0.0651. The van der Waals surface area contributed by atoms with Gasteiger partial charge < -0.3 is 9.80 Å². The molecule has 0 saturated carbocycles. The predicted octanol–water partition coefficient (Wildman–Crippen LogP) is 1.29. The molecule has 0 spiro atoms. The summed E-state index contributed by atoms with van der Waals surface area (Å²) >= 11 is 0. The van der Waals surface area contributed by atoms with Crippen LogP contribution in [-0.4, -0.2) is 43.9 Å². The molecule has 1 aromatic rings. The Morgan fingerprint density at radius 3 is 2.24 bits per heavy atom. The van der Waals surface area contributed by atoms with Gasteiger partial charge in [-0.3, -0.25) is 9.59 Å². The minimum atomic E-state index is -0.255. The standard InChI is InChI=1S/C13H18N2O2/c1-15(2,3)10-12(16)9-13(17)14-11-7-5-4-6-8-11/h4-8H,9-10H2,1-3H3/p+1. The van der Waals surface area contributed by atoms with E-state index >= 15 is 0 Å². The second-order valence-electron chi connectivity index (χ2n) is 5.08. The molecule has 92 valence electrons. The van der Waals surface area contributed by atoms with Gasteiger partial charge in [-0.15, -0.1) is 0 Å². The van der Waals surface area contributed by atoms with Gasteiger partial charge in [0.05, 0.1) is 27.6 Å². The fourth-order valence-corrected chi connectivity index (χ4v) is 1.49. The Kier molecular flexibility index (Phi) is 4.40. The quantitative estimate of drug-likeness (QED) is 0.617. The van der Waals surface area contributed by atoms with E-state index in [1.165, 1.54) is 0 Å². The molecule has 0 aromatic heterocycles. The van der Waals surface area contributed by atoms with Gasteiger partial charge in [-0.05, 0) is 12.1 Å². The lowest BCUT2D eigenvalue weighted by molar-refractivity contribution is -0.862. The number of quaternary nitrogens is 1. The summed E-state index contributed by atoms with van der Waals surface area (Å²) in [5, 5.41) is 2.69. The Labute approximate surface area is 102 Å². The highest BCUT2D eigenvalue weighted by atomic mass is 16.2. The van der Waals surface area contributed by atoms with E-state index < -0.39 is 0 Å². The number of hydrogen-bond donors (Lipinski definition) is 1. The largest absolute Gasteiger partial charge is 0.326 e. The summed E-state index contributed by atoms with van der Waals surface area (Å²) in [7, 11) is 5.77. The van der Waals surface area contributed by atoms with Crippen LogP contribution in [0.3, 0.4) is 0 Å². The highest BCUT2D eigenvalue weighted by Crippen LogP contribution is 2.05. The van der Waals surface area contributed by atoms with Gasteiger partial charge in [0.15, 0.2) is 5.78 Å². The number of likely N-dealkylation sites (N-methyl/N-ethyl adjacent to an activating group) is 1. The van der Waals surface area contributed by atoms with Crippen LogP contribution in [0.2, 0.25) is 0 Å². The predicted molar refractivity (Wildman–Crippen MR) is 67.6 cm³/mol. The molecule has 4 heteroatoms. The molecule has 0 fully saturated rings. The maximum Gasteiger partial charge on any atom is 0.232 e. The first-order chi connectivity index (χ1) is 7.87. The van der Waals surface area contributed by atoms with Gasteiger partial charge in [0.1, 0.15) is 6.54 Å². The van der Waals surface area contributed by atoms with E-state index in [2.05, 4.69) is 5.32 Å². The number of nitrogens with zero attached hydrogens (tertiary/aromatic N) is 1. The Morgan fingerprint density at radius 2 is 1.71 bits per heavy atom. The monoisotopic (exact) mass is 235 g/mol. The van der Waals surface area contributed by atoms with Crippen LogP contribution in [0.5, 0.6) is 0 Å². The summed E-state index contributed by atoms with van der Waals surface area (Å²) in [4.78, 5) is 23.2. The molecule has 0 radical (unpaired) electrons. The molecule has 0 unspecified atom stereocenters. The Balaban J connectivity index is 2.43. The fourth-order valence-electron chi connectivity index (χ4n) is 1.49. The Morgan fingerprint density at radius 1 is 1.12 bits per heavy atom. The van der Waals surface area contributed by atoms with Gasteiger partial charge in [-0.25, -0.2) is 0 Å². The van der Waals surface area contributed by atoms with E-state index in [4.69, 9.17) is 0 Å². The molecule has 17 heavy (non-hydrogen) atoms. The molecule has 1 amide bonds. The first kappa shape index (κ1) is 13.4. The maximum atomic E-state index is 11.6. The van der Waals surface area contributed by atoms with Crippen LogP contribution in [-0.2, 0) is 9.59 Å². The number of carbonyl (C=O) groups excluding carboxylic acids is 2. The number of carbonyl (C=O) groups is 2. The number of nitrogens with one attached hydrogen (secondary N) is 1. The van der Waals surface area contributed by atoms with E-state index in [1.807, 2.05) is 39.3 Å². The molecule has 4 nitrogen and oxygen atoms in total. The van der Waals surface area contributed by atoms with Gasteiger partial charge in [0.25, 0.3) is 0 Å². The number of rotatable bonds is 5. The van der Waals surface area contributed by atoms with E-state index in [0.29, 0.717) is 11.0 Å². The second kappa shape index (κ2) is 5.59. The van der Waals surface area contributed by atoms with Crippen LogP contribution < -0.4 is 5.32 Å². The van der Waals surface area contributed by atoms with Crippen molar-refractivity contribution in [2.24, 2.45) is 0 Å². The molecule has 0 saturated heterocycles. The van der Waals surface area contributed by atoms with Gasteiger partial charge in [0, 0.05) is 5.69 Å². The van der Waals surface area contributed by atoms with E-state index in [0.717, 1.165) is 5.69 Å². The number of anilines is 1. The van der Waals surface area contributed by atoms with Crippen LogP contribution in [0.15, 0.2) is 30.3 Å². The molecular weight excluding hydrogens is 216 g/mol. The summed E-state index contributed by atoms with van der Waals surface area (Å²) in [6.45, 7) is 0.363. The summed E-state index contributed by atoms with van der Waals surface area (Å²) < 4.78 is 0.539. The van der Waals surface area contributed by atoms with Gasteiger partial charge in [-0.1, -0.05) is 18.2 Å². The average molecular weight is 235 g/mol. The third kappa shape index (κ3) is 5.82. The first-order valence-electron chi connectivity index (χ1n) is 5.54. The van der Waals surface area contributed by atoms with Gasteiger partial charge in [-0.2, -0.15) is 0 Å². The van der Waals surface area contributed by atoms with Crippen LogP contribution >= 0.6 is 0 Å². The van der Waals surface area contributed by atoms with Crippen molar-refractivity contribution in [1.29, 1.82) is 0 Å². The third-order valence-electron chi connectivity index (χ3n) is 2.07. The molecule has 1 rings (SSSR count). The molecule has 0 aliphatic heterocycles. The number of hydrogen-bond acceptors (Lipinski definition) is 2. The maximum absolute atomic E-state index is 11.6. The fraction of sp³-hybridized carbons (Fsp3) is 0.385. The van der Waals surface area contributed by atoms with E-state index in [9.17, 15) is 9.59 Å². The molecule has 0 bridgehead atoms. The van der Waals surface area contributed by atoms with Crippen molar-refractivity contribution in [2.45, 2.75) is 6.42 Å². The van der Waals surface area contributed by atoms with Crippen LogP contribution in [0.25, 0.3) is 0 Å². The molecule has 1 aromatic carbocycles. The Hall–Kier alpha value is -1.68. The number of ketones is 1. The average Bonchev–Trinajstić information content (AvgIpc) is 2.15. The van der Waals surface area contributed by atoms with Crippen molar-refractivity contribution in [2.75, 3.05) is 33.0 Å². The zero-order valence-corrected chi connectivity index (χ0v) is 10.6. The van der Waals surface area contributed by atoms with E-state index in [-0.39, 0.29) is 18.1 Å². The molecule has 0 heterocycles. The molecule has 0 aliphatic carbocycles. The van der Waals surface area contributed by atoms with Crippen molar-refractivity contribution >= 4 is 17.4 Å². The zero-order chi connectivity index (χ0) is 12.9. The van der Waals surface area contributed by atoms with Crippen LogP contribution in [0, 0.1) is 0 Å². The number of Topliss-reactive ketones (excluding diaryl/α,β-unsaturated/α-hetero) is 1. The van der Waals surface area contributed by atoms with Crippen molar-refractivity contribution in [3.63, 3.8) is 0 Å². The molecule has 1 N–H and O–H groups in total. The minimum Gasteiger partial charge on any atom is -0.326 e. The molecule has 0 atom stereocenters. The summed E-state index contributed by atoms with van der Waals surface area (Å²) in [5.41, 5.74) is 0.718. The minimum absolute atomic E-state index is 0.0501. The zero-order valence-electron chi connectivity index (χ0n) is 10.6. The van der Waals surface area contributed by atoms with Crippen molar-refractivity contribution in [1.82, 2.24) is 0 Å². The van der Waals surface area contributed by atoms with Crippen molar-refractivity contribution in [3.05, 3.63) is 30.3 Å². The first-order valence-corrected chi connectivity index (χ1v) is 5.54. The van der Waals surface area contributed by atoms with Gasteiger partial charge in [0.2, 0.25) is 5.91 Å². The smallest absolute Gasteiger partial charge is 0.232 e. The SMILES string of the molecule is C[N+](C)(C)CC(=O)CC(=O)Nc1ccccc1. The van der Waals surface area contributed by atoms with Gasteiger partial charge >= 0.3 is 0 Å². The lowest BCUT2D eigenvalue weighted by Crippen LogP contribution is -2.40. The highest BCUT2D eigenvalue weighted by Gasteiger charge is 2.17. The normalized spacial score (nSPS) is 11.0. The second-order valence-corrected chi connectivity index (χ2v) is 5.08. The van der Waals surface area contributed by atoms with Crippen molar-refractivity contribution < 1.29 is 14.1 Å².